The molecule has 5 heteroatoms. The average molecular weight is 166 g/mol. The molecule has 0 saturated carbocycles. The Bertz CT molecular complexity index is 97.0. The lowest BCUT2D eigenvalue weighted by molar-refractivity contribution is -0.0947. The number of hydrogen-bond acceptors (Lipinski definition) is 5. The lowest BCUT2D eigenvalue weighted by Gasteiger charge is -2.20. The van der Waals surface area contributed by atoms with Gasteiger partial charge in [-0.2, -0.15) is 0 Å². The molecule has 0 saturated heterocycles. The maximum absolute atomic E-state index is 8.98. The molecule has 0 rings (SSSR count). The molecule has 0 amide bonds. The molecule has 0 fully saturated rings. The van der Waals surface area contributed by atoms with Gasteiger partial charge in [-0.1, -0.05) is 0 Å². The second kappa shape index (κ2) is 5.45. The summed E-state index contributed by atoms with van der Waals surface area (Å²) in [6.45, 7) is -0.653. The molecule has 0 heterocycles. The number of ether oxygens (including phenoxy) is 1. The molecule has 0 aromatic rings. The number of aliphatic hydroxyl groups is 4. The highest BCUT2D eigenvalue weighted by Gasteiger charge is 2.23. The first-order chi connectivity index (χ1) is 5.13. The van der Waals surface area contributed by atoms with Gasteiger partial charge in [-0.15, -0.1) is 0 Å². The van der Waals surface area contributed by atoms with Crippen LogP contribution < -0.4 is 0 Å². The molecule has 68 valence electrons. The van der Waals surface area contributed by atoms with Crippen LogP contribution in [0.25, 0.3) is 0 Å². The van der Waals surface area contributed by atoms with Gasteiger partial charge in [0.25, 0.3) is 0 Å². The van der Waals surface area contributed by atoms with Crippen LogP contribution in [0.3, 0.4) is 0 Å². The van der Waals surface area contributed by atoms with E-state index in [-0.39, 0.29) is 6.61 Å². The zero-order chi connectivity index (χ0) is 8.85. The van der Waals surface area contributed by atoms with Gasteiger partial charge in [0.05, 0.1) is 13.2 Å². The summed E-state index contributed by atoms with van der Waals surface area (Å²) in [5.74, 6) is 0. The van der Waals surface area contributed by atoms with Crippen molar-refractivity contribution in [3.63, 3.8) is 0 Å². The van der Waals surface area contributed by atoms with Crippen molar-refractivity contribution in [3.05, 3.63) is 0 Å². The molecule has 0 aliphatic rings. The fourth-order valence-corrected chi connectivity index (χ4v) is 0.634. The number of hydrogen-bond donors (Lipinski definition) is 4. The van der Waals surface area contributed by atoms with Gasteiger partial charge in [0.15, 0.2) is 0 Å². The smallest absolute Gasteiger partial charge is 0.110 e. The van der Waals surface area contributed by atoms with Crippen molar-refractivity contribution in [3.8, 4) is 0 Å². The van der Waals surface area contributed by atoms with Crippen molar-refractivity contribution in [2.24, 2.45) is 0 Å². The molecule has 0 aliphatic carbocycles. The number of rotatable bonds is 5. The summed E-state index contributed by atoms with van der Waals surface area (Å²) in [7, 11) is 1.36. The van der Waals surface area contributed by atoms with Gasteiger partial charge in [-0.25, -0.2) is 0 Å². The first kappa shape index (κ1) is 10.8. The highest BCUT2D eigenvalue weighted by Crippen LogP contribution is 1.99. The van der Waals surface area contributed by atoms with Gasteiger partial charge >= 0.3 is 0 Å². The highest BCUT2D eigenvalue weighted by molar-refractivity contribution is 4.73. The molecule has 0 bridgehead atoms. The predicted octanol–water partition coefficient (Wildman–Crippen LogP) is -2.29. The summed E-state index contributed by atoms with van der Waals surface area (Å²) in [4.78, 5) is 0. The molecule has 0 aromatic heterocycles. The van der Waals surface area contributed by atoms with E-state index in [1.165, 1.54) is 7.11 Å². The predicted molar refractivity (Wildman–Crippen MR) is 37.0 cm³/mol. The van der Waals surface area contributed by atoms with Crippen LogP contribution in [0, 0.1) is 0 Å². The second-order valence-electron chi connectivity index (χ2n) is 2.26. The third kappa shape index (κ3) is 3.64. The van der Waals surface area contributed by atoms with Crippen molar-refractivity contribution in [1.29, 1.82) is 0 Å². The minimum absolute atomic E-state index is 0.0712. The summed E-state index contributed by atoms with van der Waals surface area (Å²) in [6.07, 6.45) is -3.85. The zero-order valence-electron chi connectivity index (χ0n) is 6.34. The summed E-state index contributed by atoms with van der Waals surface area (Å²) in [5.41, 5.74) is 0. The molecule has 0 aliphatic heterocycles. The maximum Gasteiger partial charge on any atom is 0.110 e. The Morgan fingerprint density at radius 1 is 1.18 bits per heavy atom. The van der Waals surface area contributed by atoms with Crippen LogP contribution in [-0.4, -0.2) is 59.1 Å². The maximum atomic E-state index is 8.98. The van der Waals surface area contributed by atoms with E-state index >= 15 is 0 Å². The summed E-state index contributed by atoms with van der Waals surface area (Å²) >= 11 is 0. The SMILES string of the molecule is COCC(O)C(O)C(O)CO. The zero-order valence-corrected chi connectivity index (χ0v) is 6.34. The number of aliphatic hydroxyl groups excluding tert-OH is 4. The Labute approximate surface area is 64.9 Å². The van der Waals surface area contributed by atoms with Crippen LogP contribution in [0.4, 0.5) is 0 Å². The van der Waals surface area contributed by atoms with E-state index in [4.69, 9.17) is 20.4 Å². The standard InChI is InChI=1S/C6H14O5/c1-11-3-5(9)6(10)4(8)2-7/h4-10H,2-3H2,1H3. The van der Waals surface area contributed by atoms with Gasteiger partial charge in [-0.05, 0) is 0 Å². The molecule has 5 nitrogen and oxygen atoms in total. The van der Waals surface area contributed by atoms with Gasteiger partial charge in [0.1, 0.15) is 18.3 Å². The highest BCUT2D eigenvalue weighted by atomic mass is 16.5. The van der Waals surface area contributed by atoms with E-state index in [0.717, 1.165) is 0 Å². The van der Waals surface area contributed by atoms with Gasteiger partial charge in [0.2, 0.25) is 0 Å². The second-order valence-corrected chi connectivity index (χ2v) is 2.26. The largest absolute Gasteiger partial charge is 0.394 e. The Morgan fingerprint density at radius 2 is 1.73 bits per heavy atom. The first-order valence-electron chi connectivity index (χ1n) is 3.27. The van der Waals surface area contributed by atoms with Crippen molar-refractivity contribution < 1.29 is 25.2 Å². The van der Waals surface area contributed by atoms with Crippen molar-refractivity contribution in [2.45, 2.75) is 18.3 Å². The van der Waals surface area contributed by atoms with E-state index in [1.807, 2.05) is 0 Å². The molecule has 11 heavy (non-hydrogen) atoms. The van der Waals surface area contributed by atoms with E-state index in [9.17, 15) is 0 Å². The fraction of sp³-hybridized carbons (Fsp3) is 1.00. The lowest BCUT2D eigenvalue weighted by Crippen LogP contribution is -2.41. The van der Waals surface area contributed by atoms with Crippen LogP contribution in [0.5, 0.6) is 0 Å². The first-order valence-corrected chi connectivity index (χ1v) is 3.27. The van der Waals surface area contributed by atoms with E-state index in [0.29, 0.717) is 0 Å². The molecule has 3 atom stereocenters. The third-order valence-corrected chi connectivity index (χ3v) is 1.31. The quantitative estimate of drug-likeness (QED) is 0.369. The van der Waals surface area contributed by atoms with Crippen LogP contribution in [0.15, 0.2) is 0 Å². The van der Waals surface area contributed by atoms with E-state index in [2.05, 4.69) is 4.74 Å². The Hall–Kier alpha value is -0.200. The summed E-state index contributed by atoms with van der Waals surface area (Å²) in [5, 5.41) is 35.1. The molecule has 3 unspecified atom stereocenters. The lowest BCUT2D eigenvalue weighted by atomic mass is 10.1. The minimum atomic E-state index is -1.36. The van der Waals surface area contributed by atoms with Crippen LogP contribution in [0.2, 0.25) is 0 Å². The Balaban J connectivity index is 3.70. The van der Waals surface area contributed by atoms with Crippen LogP contribution in [-0.2, 0) is 4.74 Å². The summed E-state index contributed by atoms with van der Waals surface area (Å²) < 4.78 is 4.52. The van der Waals surface area contributed by atoms with Gasteiger partial charge in [-0.3, -0.25) is 0 Å². The minimum Gasteiger partial charge on any atom is -0.394 e. The van der Waals surface area contributed by atoms with Crippen molar-refractivity contribution in [2.75, 3.05) is 20.3 Å². The van der Waals surface area contributed by atoms with Crippen molar-refractivity contribution in [1.82, 2.24) is 0 Å². The Kier molecular flexibility index (Phi) is 5.35. The topological polar surface area (TPSA) is 90.2 Å². The number of methoxy groups -OCH3 is 1. The third-order valence-electron chi connectivity index (χ3n) is 1.31. The van der Waals surface area contributed by atoms with Crippen molar-refractivity contribution >= 4 is 0 Å². The molecular weight excluding hydrogens is 152 g/mol. The van der Waals surface area contributed by atoms with Crippen LogP contribution in [0.1, 0.15) is 0 Å². The normalized spacial score (nSPS) is 19.4. The van der Waals surface area contributed by atoms with Gasteiger partial charge in [0, 0.05) is 7.11 Å². The molecular formula is C6H14O5. The monoisotopic (exact) mass is 166 g/mol. The molecule has 0 radical (unpaired) electrons. The molecule has 4 N–H and O–H groups in total. The van der Waals surface area contributed by atoms with E-state index < -0.39 is 24.9 Å². The molecule has 0 aromatic carbocycles. The van der Waals surface area contributed by atoms with Gasteiger partial charge < -0.3 is 25.2 Å². The fourth-order valence-electron chi connectivity index (χ4n) is 0.634. The average Bonchev–Trinajstić information content (AvgIpc) is 2.02. The van der Waals surface area contributed by atoms with Crippen LogP contribution >= 0.6 is 0 Å². The molecule has 0 spiro atoms. The summed E-state index contributed by atoms with van der Waals surface area (Å²) in [6, 6.07) is 0. The van der Waals surface area contributed by atoms with E-state index in [1.54, 1.807) is 0 Å². The Morgan fingerprint density at radius 3 is 2.09 bits per heavy atom.